The third kappa shape index (κ3) is 3.78. The quantitative estimate of drug-likeness (QED) is 0.849. The Bertz CT molecular complexity index is 383. The van der Waals surface area contributed by atoms with Gasteiger partial charge < -0.3 is 9.84 Å². The molecular weight excluding hydrogens is 232 g/mol. The van der Waals surface area contributed by atoms with Crippen LogP contribution in [0.1, 0.15) is 18.4 Å². The monoisotopic (exact) mass is 250 g/mol. The molecule has 98 valence electrons. The number of rotatable bonds is 5. The molecule has 0 bridgehead atoms. The van der Waals surface area contributed by atoms with Crippen LogP contribution in [0.2, 0.25) is 0 Å². The van der Waals surface area contributed by atoms with Crippen molar-refractivity contribution in [1.29, 1.82) is 0 Å². The summed E-state index contributed by atoms with van der Waals surface area (Å²) in [6, 6.07) is 4.15. The Labute approximate surface area is 106 Å². The van der Waals surface area contributed by atoms with Gasteiger partial charge in [-0.15, -0.1) is 0 Å². The first-order chi connectivity index (χ1) is 8.75. The first-order valence-electron chi connectivity index (χ1n) is 6.18. The summed E-state index contributed by atoms with van der Waals surface area (Å²) < 4.78 is 5.43. The number of carboxylic acids is 1. The zero-order valence-electron chi connectivity index (χ0n) is 10.3. The van der Waals surface area contributed by atoms with Crippen molar-refractivity contribution in [1.82, 2.24) is 9.88 Å². The Morgan fingerprint density at radius 2 is 2.50 bits per heavy atom. The fourth-order valence-electron chi connectivity index (χ4n) is 2.18. The maximum absolute atomic E-state index is 10.6. The minimum absolute atomic E-state index is 0.190. The molecule has 2 heterocycles. The second-order valence-corrected chi connectivity index (χ2v) is 4.49. The van der Waals surface area contributed by atoms with E-state index in [1.165, 1.54) is 0 Å². The van der Waals surface area contributed by atoms with Crippen molar-refractivity contribution < 1.29 is 14.6 Å². The van der Waals surface area contributed by atoms with Gasteiger partial charge in [0.05, 0.1) is 13.2 Å². The number of aromatic nitrogens is 1. The first kappa shape index (κ1) is 13.0. The molecule has 0 aromatic carbocycles. The van der Waals surface area contributed by atoms with Gasteiger partial charge >= 0.3 is 5.97 Å². The molecule has 1 fully saturated rings. The fraction of sp³-hybridized carbons (Fsp3) is 0.538. The van der Waals surface area contributed by atoms with Crippen molar-refractivity contribution in [3.05, 3.63) is 30.1 Å². The second-order valence-electron chi connectivity index (χ2n) is 4.49. The SMILES string of the molecule is O=C(O)CCC1COCCN1Cc1cccnc1. The Morgan fingerprint density at radius 3 is 3.22 bits per heavy atom. The van der Waals surface area contributed by atoms with E-state index in [1.54, 1.807) is 6.20 Å². The number of aliphatic carboxylic acids is 1. The van der Waals surface area contributed by atoms with Crippen LogP contribution < -0.4 is 0 Å². The number of ether oxygens (including phenoxy) is 1. The molecule has 1 unspecified atom stereocenters. The lowest BCUT2D eigenvalue weighted by atomic mass is 10.1. The first-order valence-corrected chi connectivity index (χ1v) is 6.18. The lowest BCUT2D eigenvalue weighted by Gasteiger charge is -2.35. The van der Waals surface area contributed by atoms with Gasteiger partial charge in [-0.05, 0) is 18.1 Å². The van der Waals surface area contributed by atoms with E-state index >= 15 is 0 Å². The number of carboxylic acid groups (broad SMARTS) is 1. The van der Waals surface area contributed by atoms with Crippen molar-refractivity contribution in [3.63, 3.8) is 0 Å². The summed E-state index contributed by atoms with van der Waals surface area (Å²) in [6.45, 7) is 2.98. The highest BCUT2D eigenvalue weighted by Gasteiger charge is 2.23. The molecule has 1 aromatic heterocycles. The van der Waals surface area contributed by atoms with Gasteiger partial charge in [0.15, 0.2) is 0 Å². The van der Waals surface area contributed by atoms with Gasteiger partial charge in [-0.3, -0.25) is 14.7 Å². The average Bonchev–Trinajstić information content (AvgIpc) is 2.39. The molecular formula is C13H18N2O3. The highest BCUT2D eigenvalue weighted by Crippen LogP contribution is 2.15. The molecule has 1 aliphatic heterocycles. The summed E-state index contributed by atoms with van der Waals surface area (Å²) in [5.41, 5.74) is 1.15. The third-order valence-corrected chi connectivity index (χ3v) is 3.15. The van der Waals surface area contributed by atoms with Gasteiger partial charge in [0.1, 0.15) is 0 Å². The Morgan fingerprint density at radius 1 is 1.61 bits per heavy atom. The number of carbonyl (C=O) groups is 1. The van der Waals surface area contributed by atoms with Crippen LogP contribution in [0.3, 0.4) is 0 Å². The molecule has 0 aliphatic carbocycles. The number of nitrogens with zero attached hydrogens (tertiary/aromatic N) is 2. The maximum Gasteiger partial charge on any atom is 0.303 e. The van der Waals surface area contributed by atoms with E-state index in [0.29, 0.717) is 19.6 Å². The zero-order valence-corrected chi connectivity index (χ0v) is 10.3. The van der Waals surface area contributed by atoms with Gasteiger partial charge in [-0.25, -0.2) is 0 Å². The van der Waals surface area contributed by atoms with E-state index in [4.69, 9.17) is 9.84 Å². The predicted octanol–water partition coefficient (Wildman–Crippen LogP) is 1.15. The van der Waals surface area contributed by atoms with Crippen LogP contribution in [0.4, 0.5) is 0 Å². The Balaban J connectivity index is 1.93. The minimum atomic E-state index is -0.748. The normalized spacial score (nSPS) is 20.8. The van der Waals surface area contributed by atoms with Crippen LogP contribution >= 0.6 is 0 Å². The van der Waals surface area contributed by atoms with E-state index in [1.807, 2.05) is 18.3 Å². The van der Waals surface area contributed by atoms with Crippen molar-refractivity contribution in [2.75, 3.05) is 19.8 Å². The van der Waals surface area contributed by atoms with E-state index in [0.717, 1.165) is 18.7 Å². The van der Waals surface area contributed by atoms with Crippen molar-refractivity contribution in [2.45, 2.75) is 25.4 Å². The lowest BCUT2D eigenvalue weighted by molar-refractivity contribution is -0.137. The number of pyridine rings is 1. The molecule has 5 heteroatoms. The molecule has 1 aromatic rings. The number of hydrogen-bond donors (Lipinski definition) is 1. The predicted molar refractivity (Wildman–Crippen MR) is 66.1 cm³/mol. The molecule has 0 radical (unpaired) electrons. The highest BCUT2D eigenvalue weighted by atomic mass is 16.5. The molecule has 5 nitrogen and oxygen atoms in total. The summed E-state index contributed by atoms with van der Waals surface area (Å²) in [4.78, 5) is 17.0. The van der Waals surface area contributed by atoms with E-state index in [9.17, 15) is 4.79 Å². The van der Waals surface area contributed by atoms with Crippen molar-refractivity contribution in [3.8, 4) is 0 Å². The topological polar surface area (TPSA) is 62.7 Å². The van der Waals surface area contributed by atoms with Crippen LogP contribution in [0.15, 0.2) is 24.5 Å². The molecule has 18 heavy (non-hydrogen) atoms. The van der Waals surface area contributed by atoms with Crippen LogP contribution in [-0.4, -0.2) is 46.8 Å². The summed E-state index contributed by atoms with van der Waals surface area (Å²) in [5, 5.41) is 8.75. The van der Waals surface area contributed by atoms with E-state index in [2.05, 4.69) is 9.88 Å². The van der Waals surface area contributed by atoms with Crippen LogP contribution in [0.5, 0.6) is 0 Å². The summed E-state index contributed by atoms with van der Waals surface area (Å²) in [6.07, 6.45) is 4.43. The largest absolute Gasteiger partial charge is 0.481 e. The fourth-order valence-corrected chi connectivity index (χ4v) is 2.18. The average molecular weight is 250 g/mol. The lowest BCUT2D eigenvalue weighted by Crippen LogP contribution is -2.45. The van der Waals surface area contributed by atoms with Crippen LogP contribution in [-0.2, 0) is 16.1 Å². The molecule has 0 spiro atoms. The van der Waals surface area contributed by atoms with Gasteiger partial charge in [-0.2, -0.15) is 0 Å². The van der Waals surface area contributed by atoms with Crippen LogP contribution in [0, 0.1) is 0 Å². The molecule has 0 saturated carbocycles. The number of morpholine rings is 1. The van der Waals surface area contributed by atoms with Crippen LogP contribution in [0.25, 0.3) is 0 Å². The Hall–Kier alpha value is -1.46. The van der Waals surface area contributed by atoms with Gasteiger partial charge in [0.2, 0.25) is 0 Å². The molecule has 1 atom stereocenters. The standard InChI is InChI=1S/C13H18N2O3/c16-13(17)4-3-12-10-18-7-6-15(12)9-11-2-1-5-14-8-11/h1-2,5,8,12H,3-4,6-7,9-10H2,(H,16,17). The zero-order chi connectivity index (χ0) is 12.8. The molecule has 1 saturated heterocycles. The summed E-state index contributed by atoms with van der Waals surface area (Å²) in [5.74, 6) is -0.748. The van der Waals surface area contributed by atoms with E-state index < -0.39 is 5.97 Å². The van der Waals surface area contributed by atoms with Crippen molar-refractivity contribution >= 4 is 5.97 Å². The molecule has 1 aliphatic rings. The van der Waals surface area contributed by atoms with Gasteiger partial charge in [0.25, 0.3) is 0 Å². The van der Waals surface area contributed by atoms with Gasteiger partial charge in [-0.1, -0.05) is 6.07 Å². The maximum atomic E-state index is 10.6. The van der Waals surface area contributed by atoms with E-state index in [-0.39, 0.29) is 12.5 Å². The molecule has 2 rings (SSSR count). The Kier molecular flexibility index (Phi) is 4.66. The van der Waals surface area contributed by atoms with Gasteiger partial charge in [0, 0.05) is 37.9 Å². The molecule has 1 N–H and O–H groups in total. The smallest absolute Gasteiger partial charge is 0.303 e. The third-order valence-electron chi connectivity index (χ3n) is 3.15. The minimum Gasteiger partial charge on any atom is -0.481 e. The summed E-state index contributed by atoms with van der Waals surface area (Å²) in [7, 11) is 0. The second kappa shape index (κ2) is 6.47. The summed E-state index contributed by atoms with van der Waals surface area (Å²) >= 11 is 0. The van der Waals surface area contributed by atoms with Crippen molar-refractivity contribution in [2.24, 2.45) is 0 Å². The highest BCUT2D eigenvalue weighted by molar-refractivity contribution is 5.66. The number of hydrogen-bond acceptors (Lipinski definition) is 4. The molecule has 0 amide bonds.